The summed E-state index contributed by atoms with van der Waals surface area (Å²) in [6.45, 7) is 11.7. The third-order valence-electron chi connectivity index (χ3n) is 4.80. The van der Waals surface area contributed by atoms with Gasteiger partial charge in [0.25, 0.3) is 5.56 Å². The lowest BCUT2D eigenvalue weighted by Gasteiger charge is -2.16. The molecule has 1 N–H and O–H groups in total. The van der Waals surface area contributed by atoms with Crippen LogP contribution >= 0.6 is 22.7 Å². The first-order valence-corrected chi connectivity index (χ1v) is 12.1. The minimum absolute atomic E-state index is 0.206. The van der Waals surface area contributed by atoms with Gasteiger partial charge in [0.1, 0.15) is 20.8 Å². The Morgan fingerprint density at radius 3 is 2.50 bits per heavy atom. The molecule has 1 amide bonds. The van der Waals surface area contributed by atoms with Gasteiger partial charge >= 0.3 is 5.97 Å². The van der Waals surface area contributed by atoms with Gasteiger partial charge in [0, 0.05) is 5.92 Å². The fourth-order valence-corrected chi connectivity index (χ4v) is 4.86. The maximum Gasteiger partial charge on any atom is 0.348 e. The number of aryl methyl sites for hydroxylation is 1. The highest BCUT2D eigenvalue weighted by molar-refractivity contribution is 7.20. The number of ether oxygens (including phenoxy) is 1. The summed E-state index contributed by atoms with van der Waals surface area (Å²) in [5.41, 5.74) is 0.153. The van der Waals surface area contributed by atoms with Crippen LogP contribution < -0.4 is 10.9 Å². The molecule has 3 aromatic heterocycles. The lowest BCUT2D eigenvalue weighted by molar-refractivity contribution is -0.119. The van der Waals surface area contributed by atoms with Crippen molar-refractivity contribution in [2.24, 2.45) is 5.92 Å². The van der Waals surface area contributed by atoms with Gasteiger partial charge in [-0.15, -0.1) is 21.5 Å². The molecule has 0 aliphatic carbocycles. The van der Waals surface area contributed by atoms with E-state index in [2.05, 4.69) is 20.5 Å². The molecule has 1 atom stereocenters. The number of amides is 1. The Kier molecular flexibility index (Phi) is 7.40. The molecule has 3 aromatic rings. The summed E-state index contributed by atoms with van der Waals surface area (Å²) in [5.74, 6) is -0.423. The predicted octanol–water partition coefficient (Wildman–Crippen LogP) is 4.14. The molecular weight excluding hydrogens is 450 g/mol. The van der Waals surface area contributed by atoms with Crippen LogP contribution in [0.5, 0.6) is 0 Å². The number of nitrogens with one attached hydrogen (secondary N) is 1. The largest absolute Gasteiger partial charge is 0.461 e. The molecule has 0 fully saturated rings. The van der Waals surface area contributed by atoms with E-state index in [9.17, 15) is 14.4 Å². The summed E-state index contributed by atoms with van der Waals surface area (Å²) in [7, 11) is 0. The number of aromatic nitrogens is 4. The number of esters is 1. The van der Waals surface area contributed by atoms with Crippen LogP contribution in [0.2, 0.25) is 0 Å². The molecule has 3 rings (SSSR count). The molecule has 1 unspecified atom stereocenters. The van der Waals surface area contributed by atoms with Crippen molar-refractivity contribution in [3.05, 3.63) is 32.1 Å². The maximum absolute atomic E-state index is 13.3. The minimum Gasteiger partial charge on any atom is -0.461 e. The average molecular weight is 478 g/mol. The van der Waals surface area contributed by atoms with Crippen LogP contribution in [0.1, 0.15) is 73.2 Å². The smallest absolute Gasteiger partial charge is 0.348 e. The molecular formula is C21H27N5O4S2. The monoisotopic (exact) mass is 477 g/mol. The van der Waals surface area contributed by atoms with Crippen LogP contribution in [0, 0.1) is 12.8 Å². The standard InChI is InChI=1S/C21H27N5O4S2/c1-7-13(16(27)23-21-25-24-17(32-21)11(4)5)26-9-22-18-14(19(26)28)12(6)15(31-18)20(29)30-8-10(2)3/h9-11,13H,7-8H2,1-6H3,(H,23,25,27). The number of thiophene rings is 1. The number of anilines is 1. The Morgan fingerprint density at radius 2 is 1.91 bits per heavy atom. The van der Waals surface area contributed by atoms with Crippen molar-refractivity contribution >= 4 is 49.9 Å². The van der Waals surface area contributed by atoms with Crippen LogP contribution in [0.4, 0.5) is 5.13 Å². The molecule has 172 valence electrons. The van der Waals surface area contributed by atoms with E-state index in [1.165, 1.54) is 22.2 Å². The Labute approximate surface area is 193 Å². The lowest BCUT2D eigenvalue weighted by atomic mass is 10.1. The number of hydrogen-bond acceptors (Lipinski definition) is 9. The molecule has 0 radical (unpaired) electrons. The summed E-state index contributed by atoms with van der Waals surface area (Å²) < 4.78 is 6.63. The first kappa shape index (κ1) is 24.0. The molecule has 0 aliphatic rings. The van der Waals surface area contributed by atoms with E-state index in [0.29, 0.717) is 38.8 Å². The first-order valence-electron chi connectivity index (χ1n) is 10.5. The van der Waals surface area contributed by atoms with E-state index in [4.69, 9.17) is 4.74 Å². The van der Waals surface area contributed by atoms with Gasteiger partial charge in [-0.2, -0.15) is 0 Å². The Morgan fingerprint density at radius 1 is 1.19 bits per heavy atom. The highest BCUT2D eigenvalue weighted by Gasteiger charge is 2.26. The van der Waals surface area contributed by atoms with Gasteiger partial charge in [0.05, 0.1) is 18.3 Å². The second kappa shape index (κ2) is 9.86. The first-order chi connectivity index (χ1) is 15.1. The molecule has 3 heterocycles. The van der Waals surface area contributed by atoms with Crippen molar-refractivity contribution in [2.75, 3.05) is 11.9 Å². The van der Waals surface area contributed by atoms with Gasteiger partial charge < -0.3 is 4.74 Å². The highest BCUT2D eigenvalue weighted by atomic mass is 32.1. The molecule has 32 heavy (non-hydrogen) atoms. The molecule has 0 saturated heterocycles. The van der Waals surface area contributed by atoms with Crippen LogP contribution in [0.15, 0.2) is 11.1 Å². The Hall–Kier alpha value is -2.66. The second-order valence-corrected chi connectivity index (χ2v) is 10.2. The second-order valence-electron chi connectivity index (χ2n) is 8.20. The maximum atomic E-state index is 13.3. The summed E-state index contributed by atoms with van der Waals surface area (Å²) in [4.78, 5) is 43.8. The fourth-order valence-electron chi connectivity index (χ4n) is 3.08. The number of rotatable bonds is 8. The Balaban J connectivity index is 1.91. The van der Waals surface area contributed by atoms with Crippen molar-refractivity contribution in [1.82, 2.24) is 19.7 Å². The van der Waals surface area contributed by atoms with Gasteiger partial charge in [-0.3, -0.25) is 19.5 Å². The molecule has 0 aliphatic heterocycles. The van der Waals surface area contributed by atoms with Gasteiger partial charge in [-0.05, 0) is 24.8 Å². The normalized spacial score (nSPS) is 12.5. The SMILES string of the molecule is CCC(C(=O)Nc1nnc(C(C)C)s1)n1cnc2sc(C(=O)OCC(C)C)c(C)c2c1=O. The number of hydrogen-bond donors (Lipinski definition) is 1. The summed E-state index contributed by atoms with van der Waals surface area (Å²) in [6.07, 6.45) is 1.73. The van der Waals surface area contributed by atoms with Crippen molar-refractivity contribution in [3.8, 4) is 0 Å². The summed E-state index contributed by atoms with van der Waals surface area (Å²) in [5, 5.41) is 12.4. The zero-order valence-electron chi connectivity index (χ0n) is 19.0. The molecule has 0 aromatic carbocycles. The fraction of sp³-hybridized carbons (Fsp3) is 0.524. The average Bonchev–Trinajstić information content (AvgIpc) is 3.33. The van der Waals surface area contributed by atoms with Gasteiger partial charge in [0.2, 0.25) is 11.0 Å². The van der Waals surface area contributed by atoms with Crippen molar-refractivity contribution < 1.29 is 14.3 Å². The van der Waals surface area contributed by atoms with E-state index in [-0.39, 0.29) is 23.3 Å². The van der Waals surface area contributed by atoms with Gasteiger partial charge in [0.15, 0.2) is 0 Å². The quantitative estimate of drug-likeness (QED) is 0.485. The van der Waals surface area contributed by atoms with E-state index in [0.717, 1.165) is 16.3 Å². The number of carbonyl (C=O) groups excluding carboxylic acids is 2. The van der Waals surface area contributed by atoms with Crippen molar-refractivity contribution in [2.45, 2.75) is 59.9 Å². The zero-order valence-corrected chi connectivity index (χ0v) is 20.6. The zero-order chi connectivity index (χ0) is 23.6. The molecule has 11 heteroatoms. The van der Waals surface area contributed by atoms with E-state index in [1.807, 2.05) is 34.6 Å². The van der Waals surface area contributed by atoms with Crippen molar-refractivity contribution in [3.63, 3.8) is 0 Å². The topological polar surface area (TPSA) is 116 Å². The predicted molar refractivity (Wildman–Crippen MR) is 126 cm³/mol. The number of fused-ring (bicyclic) bond motifs is 1. The minimum atomic E-state index is -0.776. The number of carbonyl (C=O) groups is 2. The lowest BCUT2D eigenvalue weighted by Crippen LogP contribution is -2.33. The summed E-state index contributed by atoms with van der Waals surface area (Å²) in [6, 6.07) is -0.776. The number of nitrogens with zero attached hydrogens (tertiary/aromatic N) is 4. The van der Waals surface area contributed by atoms with Gasteiger partial charge in [-0.1, -0.05) is 46.0 Å². The third kappa shape index (κ3) is 4.88. The summed E-state index contributed by atoms with van der Waals surface area (Å²) >= 11 is 2.43. The Bertz CT molecular complexity index is 1190. The van der Waals surface area contributed by atoms with Crippen LogP contribution in [-0.4, -0.2) is 38.2 Å². The van der Waals surface area contributed by atoms with E-state index < -0.39 is 12.0 Å². The van der Waals surface area contributed by atoms with Crippen LogP contribution in [0.25, 0.3) is 10.2 Å². The highest BCUT2D eigenvalue weighted by Crippen LogP contribution is 2.29. The van der Waals surface area contributed by atoms with E-state index in [1.54, 1.807) is 6.92 Å². The molecule has 9 nitrogen and oxygen atoms in total. The van der Waals surface area contributed by atoms with E-state index >= 15 is 0 Å². The molecule has 0 spiro atoms. The third-order valence-corrected chi connectivity index (χ3v) is 7.12. The van der Waals surface area contributed by atoms with Crippen LogP contribution in [-0.2, 0) is 9.53 Å². The molecule has 0 saturated carbocycles. The van der Waals surface area contributed by atoms with Crippen molar-refractivity contribution in [1.29, 1.82) is 0 Å². The molecule has 0 bridgehead atoms. The van der Waals surface area contributed by atoms with Gasteiger partial charge in [-0.25, -0.2) is 9.78 Å². The van der Waals surface area contributed by atoms with Crippen LogP contribution in [0.3, 0.4) is 0 Å².